The number of fused-ring (bicyclic) bond motifs is 3. The molecule has 1 aromatic carbocycles. The van der Waals surface area contributed by atoms with Crippen LogP contribution in [-0.2, 0) is 6.37 Å². The molecule has 26 heavy (non-hydrogen) atoms. The van der Waals surface area contributed by atoms with Gasteiger partial charge in [0.15, 0.2) is 0 Å². The van der Waals surface area contributed by atoms with Crippen molar-refractivity contribution in [3.05, 3.63) is 59.4 Å². The van der Waals surface area contributed by atoms with Crippen LogP contribution in [0.25, 0.3) is 33.3 Å². The lowest BCUT2D eigenvalue weighted by atomic mass is 9.86. The van der Waals surface area contributed by atoms with Gasteiger partial charge in [0.1, 0.15) is 5.58 Å². The smallest absolute Gasteiger partial charge is 0.227 e. The summed E-state index contributed by atoms with van der Waals surface area (Å²) in [5.74, 6) is 0. The molecule has 3 heteroatoms. The molecule has 0 bridgehead atoms. The zero-order valence-electron chi connectivity index (χ0n) is 20.3. The van der Waals surface area contributed by atoms with Gasteiger partial charge in [0.05, 0.1) is 5.69 Å². The molecule has 0 saturated heterocycles. The van der Waals surface area contributed by atoms with Crippen LogP contribution in [0.2, 0.25) is 0 Å². The minimum Gasteiger partial charge on any atom is -0.437 e. The van der Waals surface area contributed by atoms with Gasteiger partial charge in [-0.15, -0.1) is 0 Å². The molecule has 3 heterocycles. The molecule has 0 amide bonds. The van der Waals surface area contributed by atoms with Gasteiger partial charge in [0.2, 0.25) is 5.71 Å². The Kier molecular flexibility index (Phi) is 2.71. The number of hydrogen-bond acceptors (Lipinski definition) is 3. The molecule has 4 rings (SSSR count). The highest BCUT2D eigenvalue weighted by molar-refractivity contribution is 6.08. The fourth-order valence-corrected chi connectivity index (χ4v) is 3.08. The molecule has 0 aliphatic heterocycles. The van der Waals surface area contributed by atoms with Gasteiger partial charge >= 0.3 is 0 Å². The molecule has 0 aliphatic carbocycles. The van der Waals surface area contributed by atoms with E-state index in [1.807, 2.05) is 37.3 Å². The Morgan fingerprint density at radius 1 is 1.15 bits per heavy atom. The number of aromatic nitrogens is 2. The average Bonchev–Trinajstić information content (AvgIpc) is 3.03. The van der Waals surface area contributed by atoms with Gasteiger partial charge in [-0.05, 0) is 61.0 Å². The van der Waals surface area contributed by atoms with E-state index in [0.29, 0.717) is 22.6 Å². The van der Waals surface area contributed by atoms with Gasteiger partial charge in [0, 0.05) is 35.1 Å². The van der Waals surface area contributed by atoms with Crippen molar-refractivity contribution in [2.75, 3.05) is 0 Å². The molecule has 0 spiro atoms. The lowest BCUT2D eigenvalue weighted by Gasteiger charge is -2.20. The summed E-state index contributed by atoms with van der Waals surface area (Å²) in [5.41, 5.74) is 2.29. The molecule has 0 atom stereocenters. The Labute approximate surface area is 161 Å². The van der Waals surface area contributed by atoms with Crippen LogP contribution in [-0.4, -0.2) is 9.97 Å². The second kappa shape index (κ2) is 5.94. The third-order valence-electron chi connectivity index (χ3n) is 4.19. The zero-order valence-corrected chi connectivity index (χ0v) is 15.3. The third-order valence-corrected chi connectivity index (χ3v) is 4.19. The molecule has 0 saturated carbocycles. The Morgan fingerprint density at radius 2 is 2.00 bits per heavy atom. The molecule has 0 radical (unpaired) electrons. The van der Waals surface area contributed by atoms with Crippen LogP contribution in [0.3, 0.4) is 0 Å². The minimum atomic E-state index is -2.48. The van der Waals surface area contributed by atoms with E-state index < -0.39 is 18.6 Å². The van der Waals surface area contributed by atoms with E-state index in [1.165, 1.54) is 6.20 Å². The minimum absolute atomic E-state index is 0.0785. The quantitative estimate of drug-likeness (QED) is 0.429. The second-order valence-electron chi connectivity index (χ2n) is 7.58. The molecule has 3 aromatic heterocycles. The third kappa shape index (κ3) is 2.98. The number of benzene rings is 1. The van der Waals surface area contributed by atoms with Crippen molar-refractivity contribution in [1.82, 2.24) is 9.97 Å². The van der Waals surface area contributed by atoms with E-state index in [2.05, 4.69) is 9.97 Å². The van der Waals surface area contributed by atoms with Gasteiger partial charge in [-0.3, -0.25) is 4.98 Å². The number of furan rings is 1. The SMILES string of the molecule is [2H]C([2H])([2H])c1cnc(-c2cccc3c2oc2nc(C)ccc23)cc1C([2H])([2H])C(C)(C)C. The first-order chi connectivity index (χ1) is 14.3. The van der Waals surface area contributed by atoms with Crippen molar-refractivity contribution in [1.29, 1.82) is 0 Å². The molecular weight excluding hydrogens is 320 g/mol. The van der Waals surface area contributed by atoms with Crippen molar-refractivity contribution in [2.24, 2.45) is 5.41 Å². The standard InChI is InChI=1S/C23H24N2O/c1-14-13-24-20(11-16(14)12-23(3,4)5)19-8-6-7-17-18-10-9-15(2)25-22(18)26-21(17)19/h6-11,13H,12H2,1-5H3/i1D3,12D2. The van der Waals surface area contributed by atoms with Crippen LogP contribution in [0.4, 0.5) is 0 Å². The van der Waals surface area contributed by atoms with Crippen LogP contribution < -0.4 is 0 Å². The Bertz CT molecular complexity index is 1300. The summed E-state index contributed by atoms with van der Waals surface area (Å²) in [6.45, 7) is 4.68. The lowest BCUT2D eigenvalue weighted by Crippen LogP contribution is -2.10. The van der Waals surface area contributed by atoms with E-state index in [-0.39, 0.29) is 11.1 Å². The fraction of sp³-hybridized carbons (Fsp3) is 0.304. The molecular formula is C23H24N2O. The molecule has 3 nitrogen and oxygen atoms in total. The van der Waals surface area contributed by atoms with Crippen molar-refractivity contribution < 1.29 is 11.3 Å². The summed E-state index contributed by atoms with van der Waals surface area (Å²) in [6.07, 6.45) is -0.625. The summed E-state index contributed by atoms with van der Waals surface area (Å²) in [6, 6.07) is 11.1. The molecule has 132 valence electrons. The maximum Gasteiger partial charge on any atom is 0.227 e. The fourth-order valence-electron chi connectivity index (χ4n) is 3.08. The number of rotatable bonds is 2. The highest BCUT2D eigenvalue weighted by atomic mass is 16.3. The monoisotopic (exact) mass is 349 g/mol. The maximum absolute atomic E-state index is 8.73. The van der Waals surface area contributed by atoms with Crippen LogP contribution in [0, 0.1) is 19.2 Å². The Hall–Kier alpha value is -2.68. The largest absolute Gasteiger partial charge is 0.437 e. The van der Waals surface area contributed by atoms with Crippen LogP contribution in [0.5, 0.6) is 0 Å². The second-order valence-corrected chi connectivity index (χ2v) is 7.58. The Morgan fingerprint density at radius 3 is 2.77 bits per heavy atom. The normalized spacial score (nSPS) is 16.1. The van der Waals surface area contributed by atoms with Crippen molar-refractivity contribution in [3.63, 3.8) is 0 Å². The molecule has 0 aliphatic rings. The predicted molar refractivity (Wildman–Crippen MR) is 107 cm³/mol. The Balaban J connectivity index is 2.00. The highest BCUT2D eigenvalue weighted by Gasteiger charge is 2.17. The highest BCUT2D eigenvalue weighted by Crippen LogP contribution is 2.35. The van der Waals surface area contributed by atoms with E-state index in [0.717, 1.165) is 16.5 Å². The maximum atomic E-state index is 8.73. The van der Waals surface area contributed by atoms with Crippen molar-refractivity contribution >= 4 is 22.1 Å². The number of pyridine rings is 2. The molecule has 0 unspecified atom stereocenters. The zero-order chi connectivity index (χ0) is 22.8. The number of para-hydroxylation sites is 1. The first kappa shape index (κ1) is 11.8. The van der Waals surface area contributed by atoms with Gasteiger partial charge in [-0.2, -0.15) is 0 Å². The number of nitrogens with zero attached hydrogens (tertiary/aromatic N) is 2. The van der Waals surface area contributed by atoms with E-state index in [9.17, 15) is 0 Å². The van der Waals surface area contributed by atoms with Crippen LogP contribution in [0.1, 0.15) is 44.4 Å². The summed E-state index contributed by atoms with van der Waals surface area (Å²) >= 11 is 0. The lowest BCUT2D eigenvalue weighted by molar-refractivity contribution is 0.410. The van der Waals surface area contributed by atoms with Gasteiger partial charge < -0.3 is 4.42 Å². The summed E-state index contributed by atoms with van der Waals surface area (Å²) in [4.78, 5) is 8.86. The molecule has 0 fully saturated rings. The van der Waals surface area contributed by atoms with E-state index >= 15 is 0 Å². The van der Waals surface area contributed by atoms with Gasteiger partial charge in [0.25, 0.3) is 0 Å². The van der Waals surface area contributed by atoms with Crippen LogP contribution in [0.15, 0.2) is 47.0 Å². The number of hydrogen-bond donors (Lipinski definition) is 0. The van der Waals surface area contributed by atoms with Crippen LogP contribution >= 0.6 is 0 Å². The first-order valence-electron chi connectivity index (χ1n) is 11.1. The molecule has 0 N–H and O–H groups in total. The predicted octanol–water partition coefficient (Wildman–Crippen LogP) is 6.25. The number of aryl methyl sites for hydroxylation is 2. The van der Waals surface area contributed by atoms with E-state index in [4.69, 9.17) is 11.3 Å². The van der Waals surface area contributed by atoms with E-state index in [1.54, 1.807) is 26.8 Å². The molecule has 4 aromatic rings. The van der Waals surface area contributed by atoms with Crippen molar-refractivity contribution in [3.8, 4) is 11.3 Å². The summed E-state index contributed by atoms with van der Waals surface area (Å²) in [5, 5.41) is 1.76. The van der Waals surface area contributed by atoms with Gasteiger partial charge in [-0.1, -0.05) is 32.9 Å². The topological polar surface area (TPSA) is 38.9 Å². The first-order valence-corrected chi connectivity index (χ1v) is 8.61. The average molecular weight is 349 g/mol. The summed E-state index contributed by atoms with van der Waals surface area (Å²) in [7, 11) is 0. The van der Waals surface area contributed by atoms with Gasteiger partial charge in [-0.25, -0.2) is 4.98 Å². The summed E-state index contributed by atoms with van der Waals surface area (Å²) < 4.78 is 47.2. The van der Waals surface area contributed by atoms with Crippen molar-refractivity contribution in [2.45, 2.75) is 40.9 Å².